The van der Waals surface area contributed by atoms with Crippen LogP contribution in [0, 0.1) is 0 Å². The number of ether oxygens (including phenoxy) is 1. The molecule has 0 aromatic carbocycles. The molecule has 0 aliphatic rings. The summed E-state index contributed by atoms with van der Waals surface area (Å²) in [6.07, 6.45) is 2.12. The predicted octanol–water partition coefficient (Wildman–Crippen LogP) is 2.01. The molecule has 1 N–H and O–H groups in total. The van der Waals surface area contributed by atoms with Crippen LogP contribution in [0.4, 0.5) is 14.6 Å². The molecule has 9 heteroatoms. The molecule has 0 amide bonds. The summed E-state index contributed by atoms with van der Waals surface area (Å²) >= 11 is 0. The van der Waals surface area contributed by atoms with Gasteiger partial charge in [0.1, 0.15) is 24.5 Å². The summed E-state index contributed by atoms with van der Waals surface area (Å²) in [5.74, 6) is 0.982. The highest BCUT2D eigenvalue weighted by atomic mass is 19.3. The number of anilines is 1. The van der Waals surface area contributed by atoms with Gasteiger partial charge < -0.3 is 10.1 Å². The number of fused-ring (bicyclic) bond motifs is 1. The quantitative estimate of drug-likeness (QED) is 0.748. The van der Waals surface area contributed by atoms with Crippen LogP contribution in [0.25, 0.3) is 11.0 Å². The monoisotopic (exact) mass is 320 g/mol. The fourth-order valence-corrected chi connectivity index (χ4v) is 2.08. The third-order valence-electron chi connectivity index (χ3n) is 3.13. The van der Waals surface area contributed by atoms with Crippen molar-refractivity contribution in [1.82, 2.24) is 24.7 Å². The van der Waals surface area contributed by atoms with E-state index >= 15 is 0 Å². The SMILES string of the molecule is Cn1ncc2c(NCc3cc(OCC(F)F)ccn3)ncnc21. The van der Waals surface area contributed by atoms with Crippen molar-refractivity contribution in [3.63, 3.8) is 0 Å². The lowest BCUT2D eigenvalue weighted by molar-refractivity contribution is 0.0818. The van der Waals surface area contributed by atoms with Gasteiger partial charge >= 0.3 is 0 Å². The molecule has 0 atom stereocenters. The molecular weight excluding hydrogens is 306 g/mol. The maximum Gasteiger partial charge on any atom is 0.272 e. The van der Waals surface area contributed by atoms with Crippen LogP contribution in [0.15, 0.2) is 30.9 Å². The van der Waals surface area contributed by atoms with Crippen LogP contribution in [0.5, 0.6) is 5.75 Å². The number of hydrogen-bond donors (Lipinski definition) is 1. The first-order valence-electron chi connectivity index (χ1n) is 6.86. The maximum atomic E-state index is 12.2. The van der Waals surface area contributed by atoms with Crippen LogP contribution < -0.4 is 10.1 Å². The zero-order valence-electron chi connectivity index (χ0n) is 12.3. The van der Waals surface area contributed by atoms with E-state index in [2.05, 4.69) is 25.4 Å². The summed E-state index contributed by atoms with van der Waals surface area (Å²) in [4.78, 5) is 12.5. The number of nitrogens with zero attached hydrogens (tertiary/aromatic N) is 5. The molecule has 7 nitrogen and oxygen atoms in total. The first-order chi connectivity index (χ1) is 11.1. The van der Waals surface area contributed by atoms with Crippen molar-refractivity contribution < 1.29 is 13.5 Å². The molecule has 0 aliphatic carbocycles. The standard InChI is InChI=1S/C14H14F2N6O/c1-22-14-11(6-21-22)13(19-8-20-14)18-5-9-4-10(2-3-17-9)23-7-12(15)16/h2-4,6,8,12H,5,7H2,1H3,(H,18,19,20). The Morgan fingerprint density at radius 3 is 3.00 bits per heavy atom. The van der Waals surface area contributed by atoms with E-state index in [1.54, 1.807) is 24.0 Å². The first kappa shape index (κ1) is 15.1. The van der Waals surface area contributed by atoms with Crippen molar-refractivity contribution in [2.45, 2.75) is 13.0 Å². The van der Waals surface area contributed by atoms with Gasteiger partial charge in [-0.25, -0.2) is 18.7 Å². The summed E-state index contributed by atoms with van der Waals surface area (Å²) in [6, 6.07) is 3.15. The zero-order chi connectivity index (χ0) is 16.2. The van der Waals surface area contributed by atoms with Gasteiger partial charge in [0.25, 0.3) is 6.43 Å². The predicted molar refractivity (Wildman–Crippen MR) is 79.4 cm³/mol. The van der Waals surface area contributed by atoms with Crippen LogP contribution in [-0.4, -0.2) is 37.8 Å². The van der Waals surface area contributed by atoms with Crippen molar-refractivity contribution in [3.8, 4) is 5.75 Å². The number of hydrogen-bond acceptors (Lipinski definition) is 6. The van der Waals surface area contributed by atoms with Crippen molar-refractivity contribution >= 4 is 16.9 Å². The number of aryl methyl sites for hydroxylation is 1. The van der Waals surface area contributed by atoms with Crippen LogP contribution in [0.1, 0.15) is 5.69 Å². The van der Waals surface area contributed by atoms with E-state index in [9.17, 15) is 8.78 Å². The Morgan fingerprint density at radius 1 is 1.30 bits per heavy atom. The fraction of sp³-hybridized carbons (Fsp3) is 0.286. The molecule has 0 saturated carbocycles. The van der Waals surface area contributed by atoms with Crippen molar-refractivity contribution in [3.05, 3.63) is 36.5 Å². The highest BCUT2D eigenvalue weighted by Gasteiger charge is 2.08. The van der Waals surface area contributed by atoms with E-state index in [0.717, 1.165) is 5.39 Å². The van der Waals surface area contributed by atoms with Gasteiger partial charge in [-0.05, 0) is 6.07 Å². The third-order valence-corrected chi connectivity index (χ3v) is 3.13. The highest BCUT2D eigenvalue weighted by Crippen LogP contribution is 2.19. The van der Waals surface area contributed by atoms with Gasteiger partial charge in [0.2, 0.25) is 0 Å². The summed E-state index contributed by atoms with van der Waals surface area (Å²) in [5, 5.41) is 8.06. The molecule has 3 heterocycles. The second kappa shape index (κ2) is 6.51. The summed E-state index contributed by atoms with van der Waals surface area (Å²) in [7, 11) is 1.80. The molecule has 0 spiro atoms. The molecule has 3 aromatic heterocycles. The van der Waals surface area contributed by atoms with Crippen LogP contribution in [0.2, 0.25) is 0 Å². The Kier molecular flexibility index (Phi) is 4.26. The molecule has 0 saturated heterocycles. The van der Waals surface area contributed by atoms with Crippen molar-refractivity contribution in [2.24, 2.45) is 7.05 Å². The second-order valence-corrected chi connectivity index (χ2v) is 4.77. The normalized spacial score (nSPS) is 11.1. The van der Waals surface area contributed by atoms with Gasteiger partial charge in [-0.15, -0.1) is 0 Å². The summed E-state index contributed by atoms with van der Waals surface area (Å²) < 4.78 is 31.0. The van der Waals surface area contributed by atoms with E-state index < -0.39 is 13.0 Å². The Labute approximate surface area is 130 Å². The lowest BCUT2D eigenvalue weighted by Gasteiger charge is -2.08. The minimum absolute atomic E-state index is 0.353. The average Bonchev–Trinajstić information content (AvgIpc) is 2.93. The molecule has 0 fully saturated rings. The van der Waals surface area contributed by atoms with Crippen LogP contribution >= 0.6 is 0 Å². The smallest absolute Gasteiger partial charge is 0.272 e. The molecule has 120 valence electrons. The third kappa shape index (κ3) is 3.50. The molecule has 0 bridgehead atoms. The van der Waals surface area contributed by atoms with Gasteiger partial charge in [-0.2, -0.15) is 5.10 Å². The van der Waals surface area contributed by atoms with Gasteiger partial charge in [0.05, 0.1) is 23.8 Å². The Morgan fingerprint density at radius 2 is 2.17 bits per heavy atom. The number of alkyl halides is 2. The minimum atomic E-state index is -2.51. The Bertz CT molecular complexity index is 807. The summed E-state index contributed by atoms with van der Waals surface area (Å²) in [6.45, 7) is -0.272. The van der Waals surface area contributed by atoms with E-state index in [4.69, 9.17) is 4.74 Å². The summed E-state index contributed by atoms with van der Waals surface area (Å²) in [5.41, 5.74) is 1.36. The van der Waals surface area contributed by atoms with Crippen molar-refractivity contribution in [1.29, 1.82) is 0 Å². The van der Waals surface area contributed by atoms with Gasteiger partial charge in [0, 0.05) is 19.3 Å². The average molecular weight is 320 g/mol. The number of pyridine rings is 1. The molecule has 0 aliphatic heterocycles. The number of nitrogens with one attached hydrogen (secondary N) is 1. The first-order valence-corrected chi connectivity index (χ1v) is 6.86. The van der Waals surface area contributed by atoms with E-state index in [0.29, 0.717) is 29.5 Å². The molecular formula is C14H14F2N6O. The van der Waals surface area contributed by atoms with E-state index in [1.165, 1.54) is 18.6 Å². The number of aromatic nitrogens is 5. The molecule has 23 heavy (non-hydrogen) atoms. The molecule has 0 radical (unpaired) electrons. The largest absolute Gasteiger partial charge is 0.488 e. The highest BCUT2D eigenvalue weighted by molar-refractivity contribution is 5.85. The Hall–Kier alpha value is -2.84. The lowest BCUT2D eigenvalue weighted by Crippen LogP contribution is -2.08. The van der Waals surface area contributed by atoms with E-state index in [-0.39, 0.29) is 0 Å². The van der Waals surface area contributed by atoms with E-state index in [1.807, 2.05) is 0 Å². The number of rotatable bonds is 6. The zero-order valence-corrected chi connectivity index (χ0v) is 12.3. The number of halogens is 2. The lowest BCUT2D eigenvalue weighted by atomic mass is 10.3. The Balaban J connectivity index is 1.71. The topological polar surface area (TPSA) is 77.8 Å². The minimum Gasteiger partial charge on any atom is -0.488 e. The second-order valence-electron chi connectivity index (χ2n) is 4.77. The van der Waals surface area contributed by atoms with Crippen LogP contribution in [-0.2, 0) is 13.6 Å². The van der Waals surface area contributed by atoms with Gasteiger partial charge in [-0.1, -0.05) is 0 Å². The molecule has 0 unspecified atom stereocenters. The van der Waals surface area contributed by atoms with Crippen LogP contribution in [0.3, 0.4) is 0 Å². The van der Waals surface area contributed by atoms with Crippen molar-refractivity contribution in [2.75, 3.05) is 11.9 Å². The molecule has 3 rings (SSSR count). The fourth-order valence-electron chi connectivity index (χ4n) is 2.08. The maximum absolute atomic E-state index is 12.2. The van der Waals surface area contributed by atoms with Gasteiger partial charge in [0.15, 0.2) is 5.65 Å². The van der Waals surface area contributed by atoms with Gasteiger partial charge in [-0.3, -0.25) is 9.67 Å². The molecule has 3 aromatic rings.